The van der Waals surface area contributed by atoms with Gasteiger partial charge in [0.05, 0.1) is 29.1 Å². The van der Waals surface area contributed by atoms with Crippen LogP contribution in [-0.2, 0) is 24.0 Å². The van der Waals surface area contributed by atoms with Crippen molar-refractivity contribution in [2.75, 3.05) is 25.6 Å². The Morgan fingerprint density at radius 3 is 2.20 bits per heavy atom. The molecule has 0 unspecified atom stereocenters. The lowest BCUT2D eigenvalue weighted by atomic mass is 9.92. The van der Waals surface area contributed by atoms with Gasteiger partial charge in [0.25, 0.3) is 11.7 Å². The molecule has 3 rings (SSSR count). The Hall–Kier alpha value is -4.41. The van der Waals surface area contributed by atoms with Gasteiger partial charge in [0.2, 0.25) is 0 Å². The topological polar surface area (TPSA) is 130 Å². The van der Waals surface area contributed by atoms with Crippen LogP contribution in [0.1, 0.15) is 63.2 Å². The molecular formula is C30H32N2O8. The number of nitrogens with one attached hydrogen (secondary N) is 1. The van der Waals surface area contributed by atoms with Gasteiger partial charge in [0.15, 0.2) is 0 Å². The van der Waals surface area contributed by atoms with Gasteiger partial charge in [-0.15, -0.1) is 0 Å². The third kappa shape index (κ3) is 7.58. The molecule has 0 radical (unpaired) electrons. The number of benzene rings is 2. The molecule has 0 saturated heterocycles. The van der Waals surface area contributed by atoms with E-state index in [0.717, 1.165) is 0 Å². The quantitative estimate of drug-likeness (QED) is 0.0941. The molecule has 0 aliphatic rings. The van der Waals surface area contributed by atoms with Crippen LogP contribution in [0.3, 0.4) is 0 Å². The monoisotopic (exact) mass is 548 g/mol. The molecule has 0 saturated carbocycles. The Morgan fingerprint density at radius 1 is 0.875 bits per heavy atom. The fourth-order valence-corrected chi connectivity index (χ4v) is 3.90. The molecule has 10 heteroatoms. The maximum absolute atomic E-state index is 13.7. The Bertz CT molecular complexity index is 1410. The molecule has 1 aromatic heterocycles. The lowest BCUT2D eigenvalue weighted by Crippen LogP contribution is -2.29. The Balaban J connectivity index is 2.01. The lowest BCUT2D eigenvalue weighted by molar-refractivity contribution is -0.246. The highest BCUT2D eigenvalue weighted by molar-refractivity contribution is 6.40. The maximum atomic E-state index is 13.7. The van der Waals surface area contributed by atoms with E-state index in [2.05, 4.69) is 10.3 Å². The molecule has 0 atom stereocenters. The number of pyridine rings is 1. The molecule has 3 aromatic rings. The molecule has 1 heterocycles. The summed E-state index contributed by atoms with van der Waals surface area (Å²) in [4.78, 5) is 66.1. The lowest BCUT2D eigenvalue weighted by Gasteiger charge is -2.19. The largest absolute Gasteiger partial charge is 0.454 e. The van der Waals surface area contributed by atoms with Crippen LogP contribution < -0.4 is 5.32 Å². The number of Topliss-reactive ketones (excluding diaryl/α,β-unsaturated/α-hetero) is 1. The summed E-state index contributed by atoms with van der Waals surface area (Å²) in [5.41, 5.74) is 1.26. The minimum atomic E-state index is -1.00. The highest BCUT2D eigenvalue weighted by atomic mass is 17.2. The van der Waals surface area contributed by atoms with E-state index >= 15 is 0 Å². The zero-order valence-electron chi connectivity index (χ0n) is 23.3. The predicted molar refractivity (Wildman–Crippen MR) is 147 cm³/mol. The smallest absolute Gasteiger partial charge is 0.380 e. The van der Waals surface area contributed by atoms with Crippen LogP contribution in [0.15, 0.2) is 54.6 Å². The van der Waals surface area contributed by atoms with Crippen molar-refractivity contribution in [1.82, 2.24) is 4.98 Å². The number of aromatic nitrogens is 1. The van der Waals surface area contributed by atoms with E-state index in [1.807, 2.05) is 6.07 Å². The van der Waals surface area contributed by atoms with Gasteiger partial charge in [-0.25, -0.2) is 9.59 Å². The number of rotatable bonds is 10. The van der Waals surface area contributed by atoms with E-state index in [1.54, 1.807) is 65.0 Å². The van der Waals surface area contributed by atoms with E-state index in [1.165, 1.54) is 25.3 Å². The molecule has 2 aromatic carbocycles. The SMILES string of the molecule is COCCOOC(=O)c1c(C)nc(C)c(C(=O)Nc2cccc(C(=O)C(=O)OC(C)(C)C)c2)c1-c1ccccc1. The first-order chi connectivity index (χ1) is 18.9. The second-order valence-electron chi connectivity index (χ2n) is 9.83. The summed E-state index contributed by atoms with van der Waals surface area (Å²) >= 11 is 0. The van der Waals surface area contributed by atoms with Crippen molar-refractivity contribution in [3.8, 4) is 11.1 Å². The van der Waals surface area contributed by atoms with Crippen molar-refractivity contribution in [1.29, 1.82) is 0 Å². The second kappa shape index (κ2) is 13.1. The van der Waals surface area contributed by atoms with Crippen LogP contribution in [0.2, 0.25) is 0 Å². The molecule has 1 amide bonds. The molecule has 0 spiro atoms. The summed E-state index contributed by atoms with van der Waals surface area (Å²) in [5, 5.41) is 2.75. The molecule has 0 fully saturated rings. The number of aryl methyl sites for hydroxylation is 2. The molecule has 210 valence electrons. The van der Waals surface area contributed by atoms with Crippen LogP contribution in [0.25, 0.3) is 11.1 Å². The van der Waals surface area contributed by atoms with E-state index in [4.69, 9.17) is 19.2 Å². The summed E-state index contributed by atoms with van der Waals surface area (Å²) in [7, 11) is 1.49. The van der Waals surface area contributed by atoms with Crippen molar-refractivity contribution in [2.24, 2.45) is 0 Å². The first-order valence-electron chi connectivity index (χ1n) is 12.5. The first-order valence-corrected chi connectivity index (χ1v) is 12.5. The van der Waals surface area contributed by atoms with Crippen molar-refractivity contribution in [3.05, 3.63) is 82.7 Å². The number of carbonyl (C=O) groups excluding carboxylic acids is 4. The van der Waals surface area contributed by atoms with Crippen LogP contribution >= 0.6 is 0 Å². The summed E-state index contributed by atoms with van der Waals surface area (Å²) in [6.07, 6.45) is 0. The third-order valence-electron chi connectivity index (χ3n) is 5.52. The number of hydrogen-bond acceptors (Lipinski definition) is 9. The predicted octanol–water partition coefficient (Wildman–Crippen LogP) is 4.88. The second-order valence-corrected chi connectivity index (χ2v) is 9.83. The number of ketones is 1. The summed E-state index contributed by atoms with van der Waals surface area (Å²) in [6, 6.07) is 14.8. The highest BCUT2D eigenvalue weighted by Gasteiger charge is 2.28. The Kier molecular flexibility index (Phi) is 9.87. The van der Waals surface area contributed by atoms with Gasteiger partial charge in [0, 0.05) is 23.9 Å². The van der Waals surface area contributed by atoms with E-state index in [9.17, 15) is 19.2 Å². The molecule has 0 aliphatic heterocycles. The van der Waals surface area contributed by atoms with Crippen LogP contribution in [0, 0.1) is 13.8 Å². The van der Waals surface area contributed by atoms with Gasteiger partial charge in [-0.1, -0.05) is 42.5 Å². The number of anilines is 1. The number of esters is 1. The van der Waals surface area contributed by atoms with E-state index < -0.39 is 29.2 Å². The molecule has 10 nitrogen and oxygen atoms in total. The number of carbonyl (C=O) groups is 4. The van der Waals surface area contributed by atoms with Crippen LogP contribution in [0.5, 0.6) is 0 Å². The molecule has 1 N–H and O–H groups in total. The number of hydrogen-bond donors (Lipinski definition) is 1. The minimum Gasteiger partial charge on any atom is -0.454 e. The van der Waals surface area contributed by atoms with Crippen molar-refractivity contribution >= 4 is 29.3 Å². The van der Waals surface area contributed by atoms with Crippen LogP contribution in [0.4, 0.5) is 5.69 Å². The summed E-state index contributed by atoms with van der Waals surface area (Å²) in [6.45, 7) is 8.51. The van der Waals surface area contributed by atoms with E-state index in [-0.39, 0.29) is 35.6 Å². The minimum absolute atomic E-state index is 0.0208. The van der Waals surface area contributed by atoms with Crippen molar-refractivity contribution in [3.63, 3.8) is 0 Å². The fourth-order valence-electron chi connectivity index (χ4n) is 3.90. The standard InChI is InChI=1S/C30H32N2O8/c1-18-23(27(34)32-22-14-10-13-21(17-22)26(33)29(36)39-30(3,4)5)25(20-11-8-7-9-12-20)24(19(2)31-18)28(35)40-38-16-15-37-6/h7-14,17H,15-16H2,1-6H3,(H,32,34). The number of methoxy groups -OCH3 is 1. The fraction of sp³-hybridized carbons (Fsp3) is 0.300. The van der Waals surface area contributed by atoms with Crippen molar-refractivity contribution < 1.29 is 38.4 Å². The van der Waals surface area contributed by atoms with Gasteiger partial charge in [0.1, 0.15) is 12.2 Å². The number of ether oxygens (including phenoxy) is 2. The number of amides is 1. The van der Waals surface area contributed by atoms with E-state index in [0.29, 0.717) is 22.5 Å². The maximum Gasteiger partial charge on any atom is 0.380 e. The molecule has 0 aliphatic carbocycles. The number of nitrogens with zero attached hydrogens (tertiary/aromatic N) is 1. The highest BCUT2D eigenvalue weighted by Crippen LogP contribution is 2.32. The zero-order valence-corrected chi connectivity index (χ0v) is 23.3. The molecule has 0 bridgehead atoms. The van der Waals surface area contributed by atoms with Crippen LogP contribution in [-0.4, -0.2) is 54.5 Å². The summed E-state index contributed by atoms with van der Waals surface area (Å²) in [5.74, 6) is -3.25. The average molecular weight is 549 g/mol. The van der Waals surface area contributed by atoms with Gasteiger partial charge < -0.3 is 14.8 Å². The third-order valence-corrected chi connectivity index (χ3v) is 5.52. The van der Waals surface area contributed by atoms with Gasteiger partial charge in [-0.05, 0) is 52.3 Å². The molecular weight excluding hydrogens is 516 g/mol. The zero-order chi connectivity index (χ0) is 29.4. The van der Waals surface area contributed by atoms with Gasteiger partial charge >= 0.3 is 11.9 Å². The average Bonchev–Trinajstić information content (AvgIpc) is 2.89. The molecule has 40 heavy (non-hydrogen) atoms. The van der Waals surface area contributed by atoms with Gasteiger partial charge in [-0.2, -0.15) is 4.89 Å². The first kappa shape index (κ1) is 30.1. The normalized spacial score (nSPS) is 11.1. The summed E-state index contributed by atoms with van der Waals surface area (Å²) < 4.78 is 10.1. The van der Waals surface area contributed by atoms with Gasteiger partial charge in [-0.3, -0.25) is 19.5 Å². The Labute approximate surface area is 232 Å². The Morgan fingerprint density at radius 2 is 1.55 bits per heavy atom. The van der Waals surface area contributed by atoms with Crippen molar-refractivity contribution in [2.45, 2.75) is 40.2 Å².